The second-order valence-electron chi connectivity index (χ2n) is 6.90. The average molecular weight is 382 g/mol. The zero-order valence-corrected chi connectivity index (χ0v) is 15.1. The summed E-state index contributed by atoms with van der Waals surface area (Å²) in [5.41, 5.74) is 0.308. The topological polar surface area (TPSA) is 66.9 Å². The molecule has 2 aromatic carbocycles. The molecule has 4 rings (SSSR count). The van der Waals surface area contributed by atoms with Crippen molar-refractivity contribution in [1.82, 2.24) is 4.90 Å². The van der Waals surface area contributed by atoms with Gasteiger partial charge in [0.25, 0.3) is 11.8 Å². The molecule has 0 aromatic heterocycles. The number of benzene rings is 2. The zero-order chi connectivity index (χ0) is 19.7. The Kier molecular flexibility index (Phi) is 4.81. The Morgan fingerprint density at radius 3 is 2.39 bits per heavy atom. The van der Waals surface area contributed by atoms with Crippen LogP contribution in [0.4, 0.5) is 10.1 Å². The molecular formula is C21H19FN2O4. The number of imide groups is 1. The van der Waals surface area contributed by atoms with E-state index in [4.69, 9.17) is 4.74 Å². The number of anilines is 1. The van der Waals surface area contributed by atoms with Crippen LogP contribution in [0.3, 0.4) is 0 Å². The molecule has 7 heteroatoms. The van der Waals surface area contributed by atoms with Gasteiger partial charge in [0, 0.05) is 6.04 Å². The van der Waals surface area contributed by atoms with Gasteiger partial charge in [-0.15, -0.1) is 0 Å². The van der Waals surface area contributed by atoms with Crippen molar-refractivity contribution in [1.29, 1.82) is 0 Å². The van der Waals surface area contributed by atoms with Gasteiger partial charge in [-0.25, -0.2) is 9.29 Å². The summed E-state index contributed by atoms with van der Waals surface area (Å²) < 4.78 is 18.7. The first-order chi connectivity index (χ1) is 13.5. The molecule has 144 valence electrons. The van der Waals surface area contributed by atoms with Crippen molar-refractivity contribution < 1.29 is 23.5 Å². The Morgan fingerprint density at radius 1 is 1.07 bits per heavy atom. The standard InChI is InChI=1S/C21H19FN2O4/c22-14-6-8-16(9-7-14)24-19(25)12-18(21(24)27)23(15-10-11-15)20(26)13-28-17-4-2-1-3-5-17/h1-9,15,18H,10-13H2. The molecule has 1 atom stereocenters. The van der Waals surface area contributed by atoms with Crippen LogP contribution in [0, 0.1) is 5.82 Å². The lowest BCUT2D eigenvalue weighted by Gasteiger charge is -2.27. The molecule has 6 nitrogen and oxygen atoms in total. The number of carbonyl (C=O) groups is 3. The van der Waals surface area contributed by atoms with Crippen LogP contribution in [0.5, 0.6) is 5.75 Å². The summed E-state index contributed by atoms with van der Waals surface area (Å²) in [6.07, 6.45) is 1.51. The normalized spacial score (nSPS) is 19.0. The third kappa shape index (κ3) is 3.60. The van der Waals surface area contributed by atoms with E-state index in [0.29, 0.717) is 11.4 Å². The van der Waals surface area contributed by atoms with E-state index in [-0.39, 0.29) is 25.0 Å². The minimum absolute atomic E-state index is 0.0539. The molecule has 2 aromatic rings. The van der Waals surface area contributed by atoms with Crippen molar-refractivity contribution >= 4 is 23.4 Å². The quantitative estimate of drug-likeness (QED) is 0.720. The third-order valence-corrected chi connectivity index (χ3v) is 4.88. The highest BCUT2D eigenvalue weighted by Gasteiger charge is 2.48. The number of para-hydroxylation sites is 1. The highest BCUT2D eigenvalue weighted by Crippen LogP contribution is 2.34. The van der Waals surface area contributed by atoms with Crippen LogP contribution in [0.15, 0.2) is 54.6 Å². The molecule has 1 aliphatic carbocycles. The maximum absolute atomic E-state index is 13.2. The molecule has 0 radical (unpaired) electrons. The number of nitrogens with zero attached hydrogens (tertiary/aromatic N) is 2. The van der Waals surface area contributed by atoms with E-state index in [2.05, 4.69) is 0 Å². The first-order valence-corrected chi connectivity index (χ1v) is 9.16. The minimum Gasteiger partial charge on any atom is -0.484 e. The van der Waals surface area contributed by atoms with Gasteiger partial charge in [0.15, 0.2) is 6.61 Å². The number of hydrogen-bond acceptors (Lipinski definition) is 4. The molecule has 0 N–H and O–H groups in total. The van der Waals surface area contributed by atoms with Crippen LogP contribution in [0.25, 0.3) is 0 Å². The van der Waals surface area contributed by atoms with E-state index in [1.54, 1.807) is 24.3 Å². The van der Waals surface area contributed by atoms with Gasteiger partial charge in [-0.2, -0.15) is 0 Å². The van der Waals surface area contributed by atoms with Crippen LogP contribution in [0.1, 0.15) is 19.3 Å². The van der Waals surface area contributed by atoms with Crippen molar-refractivity contribution in [3.8, 4) is 5.75 Å². The van der Waals surface area contributed by atoms with E-state index >= 15 is 0 Å². The van der Waals surface area contributed by atoms with Crippen LogP contribution in [0.2, 0.25) is 0 Å². The van der Waals surface area contributed by atoms with Gasteiger partial charge < -0.3 is 9.64 Å². The highest BCUT2D eigenvalue weighted by atomic mass is 19.1. The molecule has 0 spiro atoms. The molecule has 1 aliphatic heterocycles. The summed E-state index contributed by atoms with van der Waals surface area (Å²) in [7, 11) is 0. The molecule has 28 heavy (non-hydrogen) atoms. The molecule has 2 fully saturated rings. The highest BCUT2D eigenvalue weighted by molar-refractivity contribution is 6.23. The Bertz CT molecular complexity index is 896. The molecule has 3 amide bonds. The van der Waals surface area contributed by atoms with E-state index in [0.717, 1.165) is 17.7 Å². The molecule has 1 saturated carbocycles. The Balaban J connectivity index is 1.50. The van der Waals surface area contributed by atoms with Gasteiger partial charge in [0.2, 0.25) is 5.91 Å². The van der Waals surface area contributed by atoms with Gasteiger partial charge in [0.05, 0.1) is 12.1 Å². The Hall–Kier alpha value is -3.22. The number of ether oxygens (including phenoxy) is 1. The van der Waals surface area contributed by atoms with Gasteiger partial charge in [-0.3, -0.25) is 14.4 Å². The molecule has 2 aliphatic rings. The smallest absolute Gasteiger partial charge is 0.261 e. The second-order valence-corrected chi connectivity index (χ2v) is 6.90. The van der Waals surface area contributed by atoms with Gasteiger partial charge in [-0.05, 0) is 49.2 Å². The number of carbonyl (C=O) groups excluding carboxylic acids is 3. The predicted molar refractivity (Wildman–Crippen MR) is 99.1 cm³/mol. The van der Waals surface area contributed by atoms with Crippen LogP contribution in [-0.2, 0) is 14.4 Å². The van der Waals surface area contributed by atoms with Crippen LogP contribution in [-0.4, -0.2) is 41.3 Å². The van der Waals surface area contributed by atoms with Gasteiger partial charge in [0.1, 0.15) is 17.6 Å². The SMILES string of the molecule is O=C1CC(N(C(=O)COc2ccccc2)C2CC2)C(=O)N1c1ccc(F)cc1. The summed E-state index contributed by atoms with van der Waals surface area (Å²) in [5, 5.41) is 0. The fourth-order valence-electron chi connectivity index (χ4n) is 3.42. The molecule has 0 bridgehead atoms. The monoisotopic (exact) mass is 382 g/mol. The second kappa shape index (κ2) is 7.42. The molecule has 1 unspecified atom stereocenters. The number of hydrogen-bond donors (Lipinski definition) is 0. The number of amides is 3. The largest absolute Gasteiger partial charge is 0.484 e. The molecule has 1 saturated heterocycles. The lowest BCUT2D eigenvalue weighted by molar-refractivity contribution is -0.140. The minimum atomic E-state index is -0.850. The number of halogens is 1. The summed E-state index contributed by atoms with van der Waals surface area (Å²) in [6, 6.07) is 13.2. The van der Waals surface area contributed by atoms with Gasteiger partial charge >= 0.3 is 0 Å². The third-order valence-electron chi connectivity index (χ3n) is 4.88. The maximum Gasteiger partial charge on any atom is 0.261 e. The van der Waals surface area contributed by atoms with E-state index < -0.39 is 23.7 Å². The maximum atomic E-state index is 13.2. The first kappa shape index (κ1) is 18.2. The summed E-state index contributed by atoms with van der Waals surface area (Å²) in [5.74, 6) is -1.07. The van der Waals surface area contributed by atoms with E-state index in [9.17, 15) is 18.8 Å². The van der Waals surface area contributed by atoms with Gasteiger partial charge in [-0.1, -0.05) is 18.2 Å². The Morgan fingerprint density at radius 2 is 1.75 bits per heavy atom. The van der Waals surface area contributed by atoms with Crippen molar-refractivity contribution in [2.75, 3.05) is 11.5 Å². The van der Waals surface area contributed by atoms with Crippen molar-refractivity contribution in [3.05, 3.63) is 60.4 Å². The van der Waals surface area contributed by atoms with Crippen LogP contribution < -0.4 is 9.64 Å². The average Bonchev–Trinajstić information content (AvgIpc) is 3.48. The predicted octanol–water partition coefficient (Wildman–Crippen LogP) is 2.53. The Labute approximate surface area is 161 Å². The zero-order valence-electron chi connectivity index (χ0n) is 15.1. The fourth-order valence-corrected chi connectivity index (χ4v) is 3.42. The van der Waals surface area contributed by atoms with E-state index in [1.165, 1.54) is 29.2 Å². The summed E-state index contributed by atoms with van der Waals surface area (Å²) in [4.78, 5) is 40.7. The number of rotatable bonds is 6. The first-order valence-electron chi connectivity index (χ1n) is 9.16. The fraction of sp³-hybridized carbons (Fsp3) is 0.286. The lowest BCUT2D eigenvalue weighted by Crippen LogP contribution is -2.48. The summed E-state index contributed by atoms with van der Waals surface area (Å²) in [6.45, 7) is -0.199. The lowest BCUT2D eigenvalue weighted by atomic mass is 10.2. The summed E-state index contributed by atoms with van der Waals surface area (Å²) >= 11 is 0. The molecule has 1 heterocycles. The van der Waals surface area contributed by atoms with Crippen molar-refractivity contribution in [3.63, 3.8) is 0 Å². The molecular weight excluding hydrogens is 363 g/mol. The van der Waals surface area contributed by atoms with E-state index in [1.807, 2.05) is 6.07 Å². The van der Waals surface area contributed by atoms with Crippen LogP contribution >= 0.6 is 0 Å². The van der Waals surface area contributed by atoms with Crippen molar-refractivity contribution in [2.24, 2.45) is 0 Å². The van der Waals surface area contributed by atoms with Crippen molar-refractivity contribution in [2.45, 2.75) is 31.3 Å².